The van der Waals surface area contributed by atoms with Gasteiger partial charge >= 0.3 is 0 Å². The van der Waals surface area contributed by atoms with Gasteiger partial charge in [-0.2, -0.15) is 0 Å². The zero-order valence-corrected chi connectivity index (χ0v) is 7.60. The van der Waals surface area contributed by atoms with Crippen LogP contribution in [0.3, 0.4) is 0 Å². The molecule has 0 spiro atoms. The van der Waals surface area contributed by atoms with Gasteiger partial charge in [0.05, 0.1) is 0 Å². The molecule has 1 heterocycles. The summed E-state index contributed by atoms with van der Waals surface area (Å²) in [5, 5.41) is 0. The second-order valence-corrected chi connectivity index (χ2v) is 3.05. The van der Waals surface area contributed by atoms with Gasteiger partial charge in [0.25, 0.3) is 0 Å². The molecule has 1 nitrogen and oxygen atoms in total. The molecule has 14 heavy (non-hydrogen) atoms. The van der Waals surface area contributed by atoms with Crippen LogP contribution in [0.25, 0.3) is 0 Å². The molecule has 0 bridgehead atoms. The fraction of sp³-hybridized carbons (Fsp3) is 0.0833. The largest absolute Gasteiger partial charge is 0.265 e. The van der Waals surface area contributed by atoms with Gasteiger partial charge in [-0.05, 0) is 23.3 Å². The highest BCUT2D eigenvalue weighted by atomic mass is 19.1. The van der Waals surface area contributed by atoms with E-state index in [1.165, 1.54) is 0 Å². The summed E-state index contributed by atoms with van der Waals surface area (Å²) >= 11 is 0. The van der Waals surface area contributed by atoms with Crippen molar-refractivity contribution in [3.63, 3.8) is 0 Å². The lowest BCUT2D eigenvalue weighted by atomic mass is 10.0. The van der Waals surface area contributed by atoms with E-state index < -0.39 is 6.17 Å². The zero-order valence-electron chi connectivity index (χ0n) is 7.60. The van der Waals surface area contributed by atoms with Crippen LogP contribution in [0.15, 0.2) is 54.9 Å². The number of hydrogen-bond acceptors (Lipinski definition) is 1. The SMILES string of the molecule is FC(c1ccccc1)c1ccncc1. The summed E-state index contributed by atoms with van der Waals surface area (Å²) in [6, 6.07) is 12.5. The van der Waals surface area contributed by atoms with Crippen molar-refractivity contribution in [1.82, 2.24) is 4.98 Å². The molecule has 1 unspecified atom stereocenters. The molecular weight excluding hydrogens is 177 g/mol. The van der Waals surface area contributed by atoms with Crippen molar-refractivity contribution in [1.29, 1.82) is 0 Å². The molecule has 1 aromatic carbocycles. The molecular formula is C12H10FN. The molecule has 0 aliphatic rings. The maximum Gasteiger partial charge on any atom is 0.150 e. The number of halogens is 1. The molecule has 0 aliphatic carbocycles. The van der Waals surface area contributed by atoms with E-state index in [4.69, 9.17) is 0 Å². The van der Waals surface area contributed by atoms with Crippen LogP contribution in [-0.2, 0) is 0 Å². The molecule has 2 rings (SSSR count). The summed E-state index contributed by atoms with van der Waals surface area (Å²) in [5.74, 6) is 0. The molecule has 0 saturated carbocycles. The first-order valence-corrected chi connectivity index (χ1v) is 4.47. The van der Waals surface area contributed by atoms with E-state index in [1.807, 2.05) is 18.2 Å². The Morgan fingerprint density at radius 3 is 2.07 bits per heavy atom. The standard InChI is InChI=1S/C12H10FN/c13-12(10-4-2-1-3-5-10)11-6-8-14-9-7-11/h1-9,12H. The summed E-state index contributed by atoms with van der Waals surface area (Å²) in [4.78, 5) is 3.85. The van der Waals surface area contributed by atoms with Crippen LogP contribution in [0, 0.1) is 0 Å². The Labute approximate surface area is 82.2 Å². The van der Waals surface area contributed by atoms with Crippen molar-refractivity contribution in [2.24, 2.45) is 0 Å². The third kappa shape index (κ3) is 1.79. The van der Waals surface area contributed by atoms with Gasteiger partial charge in [-0.1, -0.05) is 30.3 Å². The lowest BCUT2D eigenvalue weighted by Crippen LogP contribution is -1.93. The topological polar surface area (TPSA) is 12.9 Å². The summed E-state index contributed by atoms with van der Waals surface area (Å²) in [6.45, 7) is 0. The van der Waals surface area contributed by atoms with Crippen LogP contribution >= 0.6 is 0 Å². The molecule has 0 N–H and O–H groups in total. The van der Waals surface area contributed by atoms with E-state index in [-0.39, 0.29) is 0 Å². The number of rotatable bonds is 2. The smallest absolute Gasteiger partial charge is 0.150 e. The molecule has 0 aliphatic heterocycles. The Morgan fingerprint density at radius 2 is 1.43 bits per heavy atom. The fourth-order valence-corrected chi connectivity index (χ4v) is 1.35. The van der Waals surface area contributed by atoms with Crippen LogP contribution in [0.5, 0.6) is 0 Å². The number of benzene rings is 1. The van der Waals surface area contributed by atoms with Gasteiger partial charge < -0.3 is 0 Å². The second kappa shape index (κ2) is 4.01. The van der Waals surface area contributed by atoms with Crippen LogP contribution in [-0.4, -0.2) is 4.98 Å². The minimum Gasteiger partial charge on any atom is -0.265 e. The van der Waals surface area contributed by atoms with Gasteiger partial charge in [0.15, 0.2) is 6.17 Å². The normalized spacial score (nSPS) is 12.4. The van der Waals surface area contributed by atoms with Gasteiger partial charge in [0.1, 0.15) is 0 Å². The first kappa shape index (κ1) is 8.88. The van der Waals surface area contributed by atoms with Crippen molar-refractivity contribution in [2.45, 2.75) is 6.17 Å². The summed E-state index contributed by atoms with van der Waals surface area (Å²) < 4.78 is 13.8. The van der Waals surface area contributed by atoms with Crippen LogP contribution in [0.4, 0.5) is 4.39 Å². The van der Waals surface area contributed by atoms with Gasteiger partial charge in [0.2, 0.25) is 0 Å². The summed E-state index contributed by atoms with van der Waals surface area (Å²) in [7, 11) is 0. The highest BCUT2D eigenvalue weighted by molar-refractivity contribution is 5.28. The van der Waals surface area contributed by atoms with Gasteiger partial charge in [0, 0.05) is 12.4 Å². The van der Waals surface area contributed by atoms with E-state index in [0.717, 1.165) is 0 Å². The number of aromatic nitrogens is 1. The first-order valence-electron chi connectivity index (χ1n) is 4.47. The molecule has 0 amide bonds. The highest BCUT2D eigenvalue weighted by Gasteiger charge is 2.10. The molecule has 1 atom stereocenters. The van der Waals surface area contributed by atoms with E-state index in [9.17, 15) is 4.39 Å². The highest BCUT2D eigenvalue weighted by Crippen LogP contribution is 2.24. The van der Waals surface area contributed by atoms with Crippen molar-refractivity contribution < 1.29 is 4.39 Å². The molecule has 0 radical (unpaired) electrons. The fourth-order valence-electron chi connectivity index (χ4n) is 1.35. The minimum absolute atomic E-state index is 0.645. The Hall–Kier alpha value is -1.70. The second-order valence-electron chi connectivity index (χ2n) is 3.05. The van der Waals surface area contributed by atoms with Gasteiger partial charge in [-0.15, -0.1) is 0 Å². The quantitative estimate of drug-likeness (QED) is 0.703. The summed E-state index contributed by atoms with van der Waals surface area (Å²) in [5.41, 5.74) is 1.32. The van der Waals surface area contributed by atoms with Gasteiger partial charge in [-0.25, -0.2) is 4.39 Å². The lowest BCUT2D eigenvalue weighted by molar-refractivity contribution is 0.401. The maximum atomic E-state index is 13.8. The van der Waals surface area contributed by atoms with Crippen molar-refractivity contribution >= 4 is 0 Å². The summed E-state index contributed by atoms with van der Waals surface area (Å²) in [6.07, 6.45) is 2.15. The zero-order chi connectivity index (χ0) is 9.80. The molecule has 2 aromatic rings. The Kier molecular flexibility index (Phi) is 2.54. The van der Waals surface area contributed by atoms with Crippen molar-refractivity contribution in [3.8, 4) is 0 Å². The van der Waals surface area contributed by atoms with E-state index in [1.54, 1.807) is 36.7 Å². The van der Waals surface area contributed by atoms with Crippen LogP contribution in [0.2, 0.25) is 0 Å². The lowest BCUT2D eigenvalue weighted by Gasteiger charge is -2.07. The molecule has 0 fully saturated rings. The van der Waals surface area contributed by atoms with E-state index in [0.29, 0.717) is 11.1 Å². The molecule has 1 aromatic heterocycles. The van der Waals surface area contributed by atoms with Crippen LogP contribution < -0.4 is 0 Å². The Bertz CT molecular complexity index is 346. The van der Waals surface area contributed by atoms with E-state index >= 15 is 0 Å². The first-order chi connectivity index (χ1) is 6.88. The maximum absolute atomic E-state index is 13.8. The average Bonchev–Trinajstić information content (AvgIpc) is 2.30. The van der Waals surface area contributed by atoms with Crippen molar-refractivity contribution in [2.75, 3.05) is 0 Å². The monoisotopic (exact) mass is 187 g/mol. The average molecular weight is 187 g/mol. The predicted octanol–water partition coefficient (Wildman–Crippen LogP) is 3.14. The number of alkyl halides is 1. The third-order valence-corrected chi connectivity index (χ3v) is 2.09. The molecule has 70 valence electrons. The Morgan fingerprint density at radius 1 is 0.857 bits per heavy atom. The third-order valence-electron chi connectivity index (χ3n) is 2.09. The van der Waals surface area contributed by atoms with E-state index in [2.05, 4.69) is 4.98 Å². The number of hydrogen-bond donors (Lipinski definition) is 0. The Balaban J connectivity index is 2.30. The minimum atomic E-state index is -1.06. The molecule has 2 heteroatoms. The van der Waals surface area contributed by atoms with Crippen molar-refractivity contribution in [3.05, 3.63) is 66.0 Å². The predicted molar refractivity (Wildman–Crippen MR) is 53.6 cm³/mol. The van der Waals surface area contributed by atoms with Crippen LogP contribution in [0.1, 0.15) is 17.3 Å². The number of pyridine rings is 1. The number of nitrogens with zero attached hydrogens (tertiary/aromatic N) is 1. The molecule has 0 saturated heterocycles. The van der Waals surface area contributed by atoms with Gasteiger partial charge in [-0.3, -0.25) is 4.98 Å².